The molecule has 0 N–H and O–H groups in total. The van der Waals surface area contributed by atoms with Crippen LogP contribution in [0.15, 0.2) is 17.7 Å². The standard InChI is InChI=1S/C33H50O3/c1-9-12-22(6)14-15-26-20-29(21(4)5)30-18-25(19-32(36)33(30)24(26)8)17-27(13-10-2)28(11-3)31(35)16-23(7)34/h12,20-21,25,27-28H,9-11,13-19H2,1-8H3/b22-12+. The Morgan fingerprint density at radius 3 is 2.36 bits per heavy atom. The number of rotatable bonds is 14. The van der Waals surface area contributed by atoms with Crippen LogP contribution in [-0.2, 0) is 22.4 Å². The molecule has 0 aromatic heterocycles. The third kappa shape index (κ3) is 7.73. The molecule has 1 aliphatic rings. The van der Waals surface area contributed by atoms with Crippen molar-refractivity contribution in [3.63, 3.8) is 0 Å². The molecular formula is C33H50O3. The monoisotopic (exact) mass is 494 g/mol. The molecule has 0 saturated carbocycles. The van der Waals surface area contributed by atoms with E-state index < -0.39 is 0 Å². The second-order valence-corrected chi connectivity index (χ2v) is 11.6. The summed E-state index contributed by atoms with van der Waals surface area (Å²) < 4.78 is 0. The number of hydrogen-bond donors (Lipinski definition) is 0. The number of aryl methyl sites for hydroxylation is 1. The van der Waals surface area contributed by atoms with E-state index in [0.717, 1.165) is 56.9 Å². The summed E-state index contributed by atoms with van der Waals surface area (Å²) in [6.45, 7) is 16.7. The molecule has 0 aliphatic heterocycles. The minimum absolute atomic E-state index is 0.0392. The van der Waals surface area contributed by atoms with Gasteiger partial charge in [0, 0.05) is 17.9 Å². The van der Waals surface area contributed by atoms with Crippen LogP contribution in [0.2, 0.25) is 0 Å². The molecule has 0 bridgehead atoms. The van der Waals surface area contributed by atoms with E-state index in [1.165, 1.54) is 34.8 Å². The van der Waals surface area contributed by atoms with Crippen molar-refractivity contribution in [2.45, 2.75) is 126 Å². The summed E-state index contributed by atoms with van der Waals surface area (Å²) in [6.07, 6.45) is 10.5. The Hall–Kier alpha value is -2.03. The predicted molar refractivity (Wildman–Crippen MR) is 151 cm³/mol. The molecule has 2 rings (SSSR count). The second kappa shape index (κ2) is 14.1. The van der Waals surface area contributed by atoms with Crippen molar-refractivity contribution >= 4 is 17.3 Å². The maximum Gasteiger partial charge on any atom is 0.163 e. The second-order valence-electron chi connectivity index (χ2n) is 11.6. The predicted octanol–water partition coefficient (Wildman–Crippen LogP) is 8.53. The zero-order chi connectivity index (χ0) is 27.0. The van der Waals surface area contributed by atoms with Gasteiger partial charge in [-0.3, -0.25) is 14.4 Å². The van der Waals surface area contributed by atoms with Gasteiger partial charge in [-0.2, -0.15) is 0 Å². The smallest absolute Gasteiger partial charge is 0.163 e. The van der Waals surface area contributed by atoms with Crippen molar-refractivity contribution in [2.24, 2.45) is 17.8 Å². The number of hydrogen-bond acceptors (Lipinski definition) is 3. The lowest BCUT2D eigenvalue weighted by Gasteiger charge is -2.33. The minimum atomic E-state index is -0.0848. The van der Waals surface area contributed by atoms with Crippen molar-refractivity contribution in [1.29, 1.82) is 0 Å². The average molecular weight is 495 g/mol. The highest BCUT2D eigenvalue weighted by molar-refractivity contribution is 6.01. The number of carbonyl (C=O) groups is 3. The fraction of sp³-hybridized carbons (Fsp3) is 0.667. The Labute approximate surface area is 220 Å². The first-order chi connectivity index (χ1) is 17.0. The van der Waals surface area contributed by atoms with E-state index >= 15 is 0 Å². The minimum Gasteiger partial charge on any atom is -0.300 e. The van der Waals surface area contributed by atoms with Crippen molar-refractivity contribution in [1.82, 2.24) is 0 Å². The van der Waals surface area contributed by atoms with E-state index in [2.05, 4.69) is 60.6 Å². The molecule has 3 unspecified atom stereocenters. The SMILES string of the molecule is CC/C=C(\C)CCc1cc(C(C)C)c2c(c1C)C(=O)CC(CC(CCC)C(CC)C(=O)CC(C)=O)C2. The molecule has 1 aliphatic carbocycles. The largest absolute Gasteiger partial charge is 0.300 e. The summed E-state index contributed by atoms with van der Waals surface area (Å²) in [5.74, 6) is 1.09. The van der Waals surface area contributed by atoms with Crippen molar-refractivity contribution < 1.29 is 14.4 Å². The highest BCUT2D eigenvalue weighted by atomic mass is 16.1. The van der Waals surface area contributed by atoms with Gasteiger partial charge in [0.15, 0.2) is 5.78 Å². The van der Waals surface area contributed by atoms with E-state index in [0.29, 0.717) is 12.3 Å². The van der Waals surface area contributed by atoms with Crippen LogP contribution in [-0.4, -0.2) is 17.3 Å². The lowest BCUT2D eigenvalue weighted by molar-refractivity contribution is -0.129. The Morgan fingerprint density at radius 1 is 1.11 bits per heavy atom. The highest BCUT2D eigenvalue weighted by Gasteiger charge is 2.34. The Kier molecular flexibility index (Phi) is 11.8. The van der Waals surface area contributed by atoms with Gasteiger partial charge < -0.3 is 0 Å². The van der Waals surface area contributed by atoms with E-state index in [9.17, 15) is 14.4 Å². The quantitative estimate of drug-likeness (QED) is 0.192. The molecule has 0 amide bonds. The number of benzene rings is 1. The molecular weight excluding hydrogens is 444 g/mol. The van der Waals surface area contributed by atoms with Crippen molar-refractivity contribution in [3.8, 4) is 0 Å². The molecule has 1 aromatic rings. The van der Waals surface area contributed by atoms with Crippen LogP contribution in [0, 0.1) is 24.7 Å². The van der Waals surface area contributed by atoms with Crippen LogP contribution >= 0.6 is 0 Å². The maximum atomic E-state index is 13.6. The zero-order valence-electron chi connectivity index (χ0n) is 24.3. The summed E-state index contributed by atoms with van der Waals surface area (Å²) in [5.41, 5.74) is 7.47. The van der Waals surface area contributed by atoms with Gasteiger partial charge in [-0.1, -0.05) is 65.2 Å². The normalized spacial score (nSPS) is 17.8. The molecule has 36 heavy (non-hydrogen) atoms. The number of Topliss-reactive ketones (excluding diaryl/α,β-unsaturated/α-hetero) is 3. The van der Waals surface area contributed by atoms with Crippen LogP contribution in [0.5, 0.6) is 0 Å². The molecule has 0 fully saturated rings. The topological polar surface area (TPSA) is 51.2 Å². The third-order valence-corrected chi connectivity index (χ3v) is 8.19. The van der Waals surface area contributed by atoms with Crippen LogP contribution in [0.25, 0.3) is 0 Å². The summed E-state index contributed by atoms with van der Waals surface area (Å²) in [6, 6.07) is 2.38. The Bertz CT molecular complexity index is 966. The number of fused-ring (bicyclic) bond motifs is 1. The van der Waals surface area contributed by atoms with Gasteiger partial charge >= 0.3 is 0 Å². The molecule has 3 atom stereocenters. The van der Waals surface area contributed by atoms with Crippen molar-refractivity contribution in [3.05, 3.63) is 45.5 Å². The molecule has 3 heteroatoms. The Morgan fingerprint density at radius 2 is 1.81 bits per heavy atom. The van der Waals surface area contributed by atoms with Gasteiger partial charge in [0.25, 0.3) is 0 Å². The van der Waals surface area contributed by atoms with E-state index in [1.54, 1.807) is 0 Å². The molecule has 0 spiro atoms. The van der Waals surface area contributed by atoms with Crippen molar-refractivity contribution in [2.75, 3.05) is 0 Å². The molecule has 0 radical (unpaired) electrons. The van der Waals surface area contributed by atoms with Gasteiger partial charge in [0.2, 0.25) is 0 Å². The van der Waals surface area contributed by atoms with Gasteiger partial charge in [0.05, 0.1) is 6.42 Å². The average Bonchev–Trinajstić information content (AvgIpc) is 2.78. The molecule has 1 aromatic carbocycles. The van der Waals surface area contributed by atoms with Gasteiger partial charge in [-0.05, 0) is 99.3 Å². The zero-order valence-corrected chi connectivity index (χ0v) is 24.3. The first-order valence-corrected chi connectivity index (χ1v) is 14.4. The molecule has 0 saturated heterocycles. The van der Waals surface area contributed by atoms with E-state index in [1.807, 2.05) is 0 Å². The number of allylic oxidation sites excluding steroid dienone is 2. The Balaban J connectivity index is 2.36. The fourth-order valence-electron chi connectivity index (χ4n) is 6.44. The molecule has 0 heterocycles. The van der Waals surface area contributed by atoms with Crippen LogP contribution in [0.4, 0.5) is 0 Å². The summed E-state index contributed by atoms with van der Waals surface area (Å²) >= 11 is 0. The van der Waals surface area contributed by atoms with Gasteiger partial charge in [-0.15, -0.1) is 0 Å². The fourth-order valence-corrected chi connectivity index (χ4v) is 6.44. The molecule has 200 valence electrons. The summed E-state index contributed by atoms with van der Waals surface area (Å²) in [5, 5.41) is 0. The van der Waals surface area contributed by atoms with Gasteiger partial charge in [0.1, 0.15) is 11.6 Å². The van der Waals surface area contributed by atoms with E-state index in [4.69, 9.17) is 0 Å². The lowest BCUT2D eigenvalue weighted by Crippen LogP contribution is -2.30. The number of carbonyl (C=O) groups excluding carboxylic acids is 3. The highest BCUT2D eigenvalue weighted by Crippen LogP contribution is 2.40. The number of ketones is 3. The first-order valence-electron chi connectivity index (χ1n) is 14.4. The van der Waals surface area contributed by atoms with Crippen LogP contribution < -0.4 is 0 Å². The van der Waals surface area contributed by atoms with Crippen LogP contribution in [0.3, 0.4) is 0 Å². The maximum absolute atomic E-state index is 13.6. The summed E-state index contributed by atoms with van der Waals surface area (Å²) in [4.78, 5) is 38.1. The lowest BCUT2D eigenvalue weighted by atomic mass is 9.70. The first kappa shape index (κ1) is 30.2. The third-order valence-electron chi connectivity index (χ3n) is 8.19. The summed E-state index contributed by atoms with van der Waals surface area (Å²) in [7, 11) is 0. The van der Waals surface area contributed by atoms with E-state index in [-0.39, 0.29) is 41.5 Å². The van der Waals surface area contributed by atoms with Crippen LogP contribution in [0.1, 0.15) is 138 Å². The van der Waals surface area contributed by atoms with Gasteiger partial charge in [-0.25, -0.2) is 0 Å². The molecule has 3 nitrogen and oxygen atoms in total.